The number of aromatic nitrogens is 7. The maximum atomic E-state index is 14.3. The van der Waals surface area contributed by atoms with Crippen LogP contribution in [0.2, 0.25) is 0 Å². The summed E-state index contributed by atoms with van der Waals surface area (Å²) in [6.45, 7) is -0.602. The van der Waals surface area contributed by atoms with Crippen molar-refractivity contribution < 1.29 is 26.3 Å². The first-order valence-electron chi connectivity index (χ1n) is 10.6. The minimum absolute atomic E-state index is 0.0165. The van der Waals surface area contributed by atoms with E-state index in [0.717, 1.165) is 13.1 Å². The van der Waals surface area contributed by atoms with Crippen LogP contribution in [0.4, 0.5) is 26.3 Å². The Hall–Kier alpha value is -4.10. The van der Waals surface area contributed by atoms with Gasteiger partial charge in [0.25, 0.3) is 0 Å². The van der Waals surface area contributed by atoms with Crippen molar-refractivity contribution in [3.63, 3.8) is 0 Å². The number of aromatic amines is 1. The summed E-state index contributed by atoms with van der Waals surface area (Å²) in [5.41, 5.74) is -2.25. The van der Waals surface area contributed by atoms with Gasteiger partial charge in [-0.3, -0.25) is 14.5 Å². The number of alkyl halides is 6. The molecule has 0 bridgehead atoms. The molecular weight excluding hydrogens is 490 g/mol. The highest BCUT2D eigenvalue weighted by Crippen LogP contribution is 2.45. The fraction of sp³-hybridized carbons (Fsp3) is 0.273. The van der Waals surface area contributed by atoms with Crippen molar-refractivity contribution in [1.29, 1.82) is 0 Å². The molecule has 0 saturated carbocycles. The fourth-order valence-electron chi connectivity index (χ4n) is 4.20. The van der Waals surface area contributed by atoms with Gasteiger partial charge < -0.3 is 5.32 Å². The van der Waals surface area contributed by atoms with E-state index in [9.17, 15) is 26.3 Å². The Labute approximate surface area is 199 Å². The maximum absolute atomic E-state index is 14.3. The average molecular weight is 508 g/mol. The standard InChI is InChI=1S/C22H18F6N8/c1-20(22(26,27)28)13(4-3-7-29-20)12-10-15(16-6-9-31-35(16)2)32-18-17(14-5-8-30-33-14)34-36(19(12)18)11-21(23,24)25/h3-10,29H,11H2,1-2H3,(H,30,33)/t20-/m0/s1. The molecule has 2 N–H and O–H groups in total. The molecule has 5 heterocycles. The van der Waals surface area contributed by atoms with E-state index in [-0.39, 0.29) is 39.3 Å². The Morgan fingerprint density at radius 2 is 1.86 bits per heavy atom. The van der Waals surface area contributed by atoms with Gasteiger partial charge in [-0.15, -0.1) is 0 Å². The first-order chi connectivity index (χ1) is 16.9. The molecule has 0 spiro atoms. The number of halogens is 6. The lowest BCUT2D eigenvalue weighted by Crippen LogP contribution is -2.54. The van der Waals surface area contributed by atoms with Crippen LogP contribution in [0.3, 0.4) is 0 Å². The molecule has 0 aliphatic carbocycles. The van der Waals surface area contributed by atoms with E-state index in [1.807, 2.05) is 0 Å². The highest BCUT2D eigenvalue weighted by molar-refractivity contribution is 6.00. The number of dihydropyridines is 1. The lowest BCUT2D eigenvalue weighted by molar-refractivity contribution is -0.170. The number of allylic oxidation sites excluding steroid dienone is 2. The van der Waals surface area contributed by atoms with Crippen LogP contribution >= 0.6 is 0 Å². The summed E-state index contributed by atoms with van der Waals surface area (Å²) in [5, 5.41) is 17.0. The van der Waals surface area contributed by atoms with E-state index in [1.165, 1.54) is 41.4 Å². The summed E-state index contributed by atoms with van der Waals surface area (Å²) in [6.07, 6.45) is -2.89. The van der Waals surface area contributed by atoms with E-state index in [2.05, 4.69) is 30.7 Å². The van der Waals surface area contributed by atoms with Crippen molar-refractivity contribution >= 4 is 16.6 Å². The molecule has 14 heteroatoms. The summed E-state index contributed by atoms with van der Waals surface area (Å²) in [5.74, 6) is 0. The molecule has 1 aliphatic heterocycles. The molecule has 36 heavy (non-hydrogen) atoms. The van der Waals surface area contributed by atoms with Gasteiger partial charge >= 0.3 is 12.4 Å². The quantitative estimate of drug-likeness (QED) is 0.393. The number of nitrogens with zero attached hydrogens (tertiary/aromatic N) is 6. The molecule has 0 amide bonds. The Balaban J connectivity index is 1.90. The Kier molecular flexibility index (Phi) is 5.23. The summed E-state index contributed by atoms with van der Waals surface area (Å²) in [6, 6.07) is 4.42. The molecule has 0 saturated heterocycles. The van der Waals surface area contributed by atoms with Gasteiger partial charge in [0, 0.05) is 25.0 Å². The van der Waals surface area contributed by atoms with Crippen LogP contribution in [0.25, 0.3) is 39.4 Å². The number of aryl methyl sites for hydroxylation is 1. The Bertz CT molecular complexity index is 1490. The smallest absolute Gasteiger partial charge is 0.374 e. The van der Waals surface area contributed by atoms with Gasteiger partial charge in [0.05, 0.1) is 22.6 Å². The molecule has 0 aromatic carbocycles. The SMILES string of the molecule is Cn1nccc1-c1cc(C2=CC=CN[C@]2(C)C(F)(F)F)c2c(n1)c(-c1ccn[nH]1)nn2CC(F)(F)F. The van der Waals surface area contributed by atoms with Crippen LogP contribution in [0.1, 0.15) is 12.5 Å². The molecular formula is C22H18F6N8. The normalized spacial score (nSPS) is 18.5. The van der Waals surface area contributed by atoms with Gasteiger partial charge in [-0.2, -0.15) is 41.6 Å². The third-order valence-electron chi connectivity index (χ3n) is 5.99. The first-order valence-corrected chi connectivity index (χ1v) is 10.6. The van der Waals surface area contributed by atoms with Crippen molar-refractivity contribution in [3.8, 4) is 22.8 Å². The van der Waals surface area contributed by atoms with Crippen LogP contribution in [0, 0.1) is 0 Å². The molecule has 4 aromatic heterocycles. The minimum atomic E-state index is -4.78. The maximum Gasteiger partial charge on any atom is 0.415 e. The first kappa shape index (κ1) is 23.6. The zero-order valence-corrected chi connectivity index (χ0v) is 18.8. The second-order valence-electron chi connectivity index (χ2n) is 8.39. The monoisotopic (exact) mass is 508 g/mol. The predicted octanol–water partition coefficient (Wildman–Crippen LogP) is 4.61. The van der Waals surface area contributed by atoms with Crippen LogP contribution in [0.15, 0.2) is 48.9 Å². The number of H-pyrrole nitrogens is 1. The van der Waals surface area contributed by atoms with Crippen LogP contribution in [-0.4, -0.2) is 52.6 Å². The number of hydrogen-bond donors (Lipinski definition) is 2. The Morgan fingerprint density at radius 3 is 2.47 bits per heavy atom. The zero-order chi connectivity index (χ0) is 25.9. The van der Waals surface area contributed by atoms with Crippen molar-refractivity contribution in [2.24, 2.45) is 7.05 Å². The topological polar surface area (TPSA) is 89.2 Å². The van der Waals surface area contributed by atoms with Crippen LogP contribution in [-0.2, 0) is 13.6 Å². The lowest BCUT2D eigenvalue weighted by Gasteiger charge is -2.37. The van der Waals surface area contributed by atoms with Crippen molar-refractivity contribution in [2.75, 3.05) is 0 Å². The second-order valence-corrected chi connectivity index (χ2v) is 8.39. The lowest BCUT2D eigenvalue weighted by atomic mass is 9.83. The fourth-order valence-corrected chi connectivity index (χ4v) is 4.20. The molecule has 0 radical (unpaired) electrons. The molecule has 4 aromatic rings. The highest BCUT2D eigenvalue weighted by Gasteiger charge is 2.54. The average Bonchev–Trinajstić information content (AvgIpc) is 3.52. The van der Waals surface area contributed by atoms with Gasteiger partial charge in [-0.25, -0.2) is 4.98 Å². The molecule has 1 atom stereocenters. The number of hydrogen-bond acceptors (Lipinski definition) is 5. The summed E-state index contributed by atoms with van der Waals surface area (Å²) >= 11 is 0. The van der Waals surface area contributed by atoms with E-state index >= 15 is 0 Å². The van der Waals surface area contributed by atoms with Crippen LogP contribution in [0.5, 0.6) is 0 Å². The van der Waals surface area contributed by atoms with Crippen molar-refractivity contribution in [1.82, 2.24) is 40.1 Å². The van der Waals surface area contributed by atoms with Gasteiger partial charge in [-0.05, 0) is 43.0 Å². The number of fused-ring (bicyclic) bond motifs is 1. The van der Waals surface area contributed by atoms with E-state index in [0.29, 0.717) is 10.4 Å². The highest BCUT2D eigenvalue weighted by atomic mass is 19.4. The minimum Gasteiger partial charge on any atom is -0.374 e. The van der Waals surface area contributed by atoms with Gasteiger partial charge in [0.15, 0.2) is 5.54 Å². The third-order valence-corrected chi connectivity index (χ3v) is 5.99. The largest absolute Gasteiger partial charge is 0.415 e. The van der Waals surface area contributed by atoms with Gasteiger partial charge in [-0.1, -0.05) is 6.08 Å². The number of nitrogens with one attached hydrogen (secondary N) is 2. The summed E-state index contributed by atoms with van der Waals surface area (Å²) in [7, 11) is 1.62. The van der Waals surface area contributed by atoms with Crippen molar-refractivity contribution in [3.05, 3.63) is 54.5 Å². The molecule has 0 fully saturated rings. The van der Waals surface area contributed by atoms with Gasteiger partial charge in [0.2, 0.25) is 0 Å². The molecule has 1 aliphatic rings. The van der Waals surface area contributed by atoms with Gasteiger partial charge in [0.1, 0.15) is 17.8 Å². The zero-order valence-electron chi connectivity index (χ0n) is 18.8. The molecule has 0 unspecified atom stereocenters. The number of rotatable bonds is 4. The summed E-state index contributed by atoms with van der Waals surface area (Å²) < 4.78 is 85.7. The van der Waals surface area contributed by atoms with E-state index in [1.54, 1.807) is 13.1 Å². The third kappa shape index (κ3) is 3.82. The Morgan fingerprint density at radius 1 is 1.08 bits per heavy atom. The second kappa shape index (κ2) is 7.96. The van der Waals surface area contributed by atoms with E-state index in [4.69, 9.17) is 0 Å². The molecule has 5 rings (SSSR count). The predicted molar refractivity (Wildman–Crippen MR) is 118 cm³/mol. The molecule has 188 valence electrons. The molecule has 8 nitrogen and oxygen atoms in total. The summed E-state index contributed by atoms with van der Waals surface area (Å²) in [4.78, 5) is 4.54. The van der Waals surface area contributed by atoms with Crippen LogP contribution < -0.4 is 5.32 Å². The van der Waals surface area contributed by atoms with E-state index < -0.39 is 24.4 Å². The van der Waals surface area contributed by atoms with Crippen molar-refractivity contribution in [2.45, 2.75) is 31.4 Å². The number of pyridine rings is 1.